The van der Waals surface area contributed by atoms with Gasteiger partial charge in [-0.15, -0.1) is 0 Å². The number of cyclic esters (lactones) is 1. The van der Waals surface area contributed by atoms with Crippen molar-refractivity contribution in [3.63, 3.8) is 0 Å². The van der Waals surface area contributed by atoms with Crippen LogP contribution in [-0.2, 0) is 47.7 Å². The number of nitrogens with two attached hydrogens (primary N) is 1. The van der Waals surface area contributed by atoms with E-state index in [0.29, 0.717) is 50.5 Å². The van der Waals surface area contributed by atoms with Gasteiger partial charge >= 0.3 is 12.1 Å². The smallest absolute Gasteiger partial charge is 0.407 e. The Bertz CT molecular complexity index is 1880. The number of fused-ring (bicyclic) bond motifs is 3. The van der Waals surface area contributed by atoms with Crippen molar-refractivity contribution in [3.8, 4) is 0 Å². The number of aliphatic hydroxyl groups excluding tert-OH is 1. The summed E-state index contributed by atoms with van der Waals surface area (Å²) in [6.45, 7) is 12.5. The maximum absolute atomic E-state index is 14.4. The van der Waals surface area contributed by atoms with Gasteiger partial charge in [0.25, 0.3) is 11.7 Å². The molecular formula is C52H81N3O13. The van der Waals surface area contributed by atoms with Gasteiger partial charge in [0, 0.05) is 51.0 Å². The molecule has 3 fully saturated rings. The number of rotatable bonds is 6. The molecule has 0 aromatic rings. The summed E-state index contributed by atoms with van der Waals surface area (Å²) in [6.07, 6.45) is 11.2. The van der Waals surface area contributed by atoms with E-state index in [0.717, 1.165) is 18.4 Å². The number of hydrogen-bond donors (Lipinski definition) is 4. The first-order valence-electron chi connectivity index (χ1n) is 24.7. The number of aliphatic hydroxyl groups is 2. The third-order valence-corrected chi connectivity index (χ3v) is 14.8. The minimum atomic E-state index is -2.52. The Morgan fingerprint density at radius 2 is 1.65 bits per heavy atom. The first kappa shape index (κ1) is 56.5. The van der Waals surface area contributed by atoms with Crippen molar-refractivity contribution in [2.24, 2.45) is 41.2 Å². The maximum atomic E-state index is 14.4. The number of nitrogens with one attached hydrogen (secondary N) is 1. The SMILES string of the molecule is COC(=O)NC1C[C@@H]2CC[C@@H](C)[C@@](O)(O2)C(=O)C(=O)N2CCCC[C@H]2C(=O)O[C@H]([C@H](C)C[C@@H]2CC[C@H](N)[C@H](OC)C2)CC(=O)[C@H](C)/C=C(\C)[C@@H](O)[C@@H](OC)C(=O)[C@H](C)C[C@H](C)/C=C/C=CC=C1C. The highest BCUT2D eigenvalue weighted by atomic mass is 16.6. The number of piperidine rings is 1. The summed E-state index contributed by atoms with van der Waals surface area (Å²) in [5.74, 6) is -8.27. The van der Waals surface area contributed by atoms with E-state index in [2.05, 4.69) is 5.32 Å². The third-order valence-electron chi connectivity index (χ3n) is 14.8. The van der Waals surface area contributed by atoms with Crippen molar-refractivity contribution < 1.29 is 62.7 Å². The molecule has 1 saturated carbocycles. The van der Waals surface area contributed by atoms with Crippen molar-refractivity contribution in [2.45, 2.75) is 180 Å². The van der Waals surface area contributed by atoms with Gasteiger partial charge in [-0.25, -0.2) is 9.59 Å². The first-order chi connectivity index (χ1) is 32.1. The van der Waals surface area contributed by atoms with Crippen LogP contribution in [0.1, 0.15) is 126 Å². The Morgan fingerprint density at radius 3 is 2.32 bits per heavy atom. The summed E-state index contributed by atoms with van der Waals surface area (Å²) >= 11 is 0. The Balaban J connectivity index is 1.73. The molecule has 0 radical (unpaired) electrons. The van der Waals surface area contributed by atoms with Gasteiger partial charge < -0.3 is 49.8 Å². The number of carbonyl (C=O) groups excluding carboxylic acids is 6. The average Bonchev–Trinajstić information content (AvgIpc) is 3.31. The predicted octanol–water partition coefficient (Wildman–Crippen LogP) is 5.86. The molecule has 1 unspecified atom stereocenters. The van der Waals surface area contributed by atoms with Gasteiger partial charge in [-0.1, -0.05) is 76.6 Å². The van der Waals surface area contributed by atoms with Crippen LogP contribution in [-0.4, -0.2) is 133 Å². The van der Waals surface area contributed by atoms with Crippen molar-refractivity contribution in [1.82, 2.24) is 10.2 Å². The van der Waals surface area contributed by atoms with Crippen LogP contribution in [0.15, 0.2) is 47.6 Å². The van der Waals surface area contributed by atoms with E-state index >= 15 is 0 Å². The fourth-order valence-electron chi connectivity index (χ4n) is 10.3. The van der Waals surface area contributed by atoms with Crippen LogP contribution in [0.25, 0.3) is 0 Å². The molecule has 2 saturated heterocycles. The topological polar surface area (TPSA) is 230 Å². The number of alkyl carbamates (subject to hydrolysis) is 1. The maximum Gasteiger partial charge on any atom is 0.407 e. The van der Waals surface area contributed by atoms with Crippen LogP contribution in [0.3, 0.4) is 0 Å². The van der Waals surface area contributed by atoms with E-state index in [1.54, 1.807) is 47.0 Å². The number of ketones is 3. The second-order valence-corrected chi connectivity index (χ2v) is 20.2. The van der Waals surface area contributed by atoms with Gasteiger partial charge in [0.05, 0.1) is 25.4 Å². The van der Waals surface area contributed by atoms with Crippen LogP contribution in [0.2, 0.25) is 0 Å². The summed E-state index contributed by atoms with van der Waals surface area (Å²) in [5, 5.41) is 26.3. The third kappa shape index (κ3) is 15.0. The quantitative estimate of drug-likeness (QED) is 0.139. The Kier molecular flexibility index (Phi) is 21.8. The molecule has 2 bridgehead atoms. The molecule has 16 nitrogen and oxygen atoms in total. The molecule has 4 rings (SSSR count). The van der Waals surface area contributed by atoms with Crippen LogP contribution in [0.4, 0.5) is 4.79 Å². The zero-order chi connectivity index (χ0) is 50.5. The van der Waals surface area contributed by atoms with Gasteiger partial charge in [0.15, 0.2) is 5.78 Å². The van der Waals surface area contributed by atoms with Gasteiger partial charge in [-0.3, -0.25) is 19.2 Å². The fourth-order valence-corrected chi connectivity index (χ4v) is 10.3. The van der Waals surface area contributed by atoms with Gasteiger partial charge in [0.2, 0.25) is 5.79 Å². The second kappa shape index (κ2) is 26.2. The van der Waals surface area contributed by atoms with Crippen LogP contribution in [0.5, 0.6) is 0 Å². The molecule has 68 heavy (non-hydrogen) atoms. The number of ether oxygens (including phenoxy) is 5. The van der Waals surface area contributed by atoms with E-state index in [4.69, 9.17) is 29.4 Å². The van der Waals surface area contributed by atoms with E-state index in [9.17, 15) is 39.0 Å². The largest absolute Gasteiger partial charge is 0.460 e. The molecular weight excluding hydrogens is 875 g/mol. The molecule has 3 heterocycles. The zero-order valence-corrected chi connectivity index (χ0v) is 42.1. The molecule has 1 aliphatic carbocycles. The molecule has 15 atom stereocenters. The fraction of sp³-hybridized carbons (Fsp3) is 0.731. The van der Waals surface area contributed by atoms with Crippen LogP contribution in [0, 0.1) is 35.5 Å². The highest BCUT2D eigenvalue weighted by Crippen LogP contribution is 2.37. The monoisotopic (exact) mass is 956 g/mol. The lowest BCUT2D eigenvalue weighted by Gasteiger charge is -2.43. The van der Waals surface area contributed by atoms with Crippen LogP contribution < -0.4 is 11.1 Å². The Labute approximate surface area is 403 Å². The lowest BCUT2D eigenvalue weighted by atomic mass is 9.78. The van der Waals surface area contributed by atoms with Crippen molar-refractivity contribution in [1.29, 1.82) is 0 Å². The molecule has 4 aliphatic rings. The molecule has 0 aromatic heterocycles. The standard InChI is InChI=1S/C52H81N3O13/c1-30-16-12-11-13-17-31(2)40(54-51(62)66-10)28-38-21-19-36(7)52(63,68-38)48(59)49(60)55-23-15-14-18-41(55)50(61)67-43(33(4)26-37-20-22-39(53)44(27-37)64-8)29-42(56)32(3)25-35(6)46(58)47(65-9)45(57)34(5)24-30/h11-13,16-17,25,30,32-34,36-41,43-44,46-47,58,63H,14-15,18-24,26-29,53H2,1-10H3,(H,54,62)/b13-11?,16-12+,31-17?,35-25+/t30-,32-,33-,34-,36-,37+,38+,39+,40?,41+,43+,44-,46-,47+,52-/m1/s1. The van der Waals surface area contributed by atoms with E-state index in [-0.39, 0.29) is 67.3 Å². The molecule has 3 aliphatic heterocycles. The number of carbonyl (C=O) groups is 6. The van der Waals surface area contributed by atoms with Gasteiger partial charge in [-0.05, 0) is 108 Å². The van der Waals surface area contributed by atoms with E-state index in [1.165, 1.54) is 19.1 Å². The minimum absolute atomic E-state index is 0.0288. The summed E-state index contributed by atoms with van der Waals surface area (Å²) in [4.78, 5) is 84.6. The normalized spacial score (nSPS) is 37.8. The number of amides is 2. The Morgan fingerprint density at radius 1 is 0.926 bits per heavy atom. The molecule has 382 valence electrons. The van der Waals surface area contributed by atoms with Crippen LogP contribution >= 0.6 is 0 Å². The molecule has 0 aromatic carbocycles. The van der Waals surface area contributed by atoms with Gasteiger partial charge in [0.1, 0.15) is 30.1 Å². The lowest BCUT2D eigenvalue weighted by molar-refractivity contribution is -0.264. The summed E-state index contributed by atoms with van der Waals surface area (Å²) in [6, 6.07) is -1.91. The Hall–Kier alpha value is -4.06. The summed E-state index contributed by atoms with van der Waals surface area (Å²) in [5.41, 5.74) is 7.43. The summed E-state index contributed by atoms with van der Waals surface area (Å²) < 4.78 is 28.6. The van der Waals surface area contributed by atoms with Gasteiger partial charge in [-0.2, -0.15) is 0 Å². The second-order valence-electron chi connectivity index (χ2n) is 20.2. The molecule has 5 N–H and O–H groups in total. The molecule has 0 spiro atoms. The number of methoxy groups -OCH3 is 3. The summed E-state index contributed by atoms with van der Waals surface area (Å²) in [7, 11) is 4.25. The van der Waals surface area contributed by atoms with E-state index < -0.39 is 83.8 Å². The predicted molar refractivity (Wildman–Crippen MR) is 256 cm³/mol. The minimum Gasteiger partial charge on any atom is -0.460 e. The van der Waals surface area contributed by atoms with Crippen molar-refractivity contribution >= 4 is 35.3 Å². The number of hydrogen-bond acceptors (Lipinski definition) is 14. The first-order valence-corrected chi connectivity index (χ1v) is 24.7. The zero-order valence-electron chi connectivity index (χ0n) is 42.1. The van der Waals surface area contributed by atoms with Crippen molar-refractivity contribution in [3.05, 3.63) is 47.6 Å². The number of nitrogens with zero attached hydrogens (tertiary/aromatic N) is 1. The number of Topliss-reactive ketones (excluding diaryl/α,β-unsaturated/α-hetero) is 3. The average molecular weight is 956 g/mol. The van der Waals surface area contributed by atoms with Crippen molar-refractivity contribution in [2.75, 3.05) is 27.9 Å². The highest BCUT2D eigenvalue weighted by molar-refractivity contribution is 6.39. The molecule has 16 heteroatoms. The lowest BCUT2D eigenvalue weighted by Crippen LogP contribution is -2.61. The number of esters is 1. The molecule has 2 amide bonds. The highest BCUT2D eigenvalue weighted by Gasteiger charge is 2.53. The van der Waals surface area contributed by atoms with E-state index in [1.807, 2.05) is 45.1 Å². The number of allylic oxidation sites excluding steroid dienone is 6.